The third-order valence-electron chi connectivity index (χ3n) is 8.29. The summed E-state index contributed by atoms with van der Waals surface area (Å²) in [6.07, 6.45) is 0. The van der Waals surface area contributed by atoms with E-state index >= 15 is 0 Å². The van der Waals surface area contributed by atoms with Gasteiger partial charge in [0, 0.05) is 27.8 Å². The molecule has 2 heteroatoms. The van der Waals surface area contributed by atoms with Crippen LogP contribution in [0.5, 0.6) is 0 Å². The van der Waals surface area contributed by atoms with Crippen LogP contribution < -0.4 is 4.90 Å². The molecule has 0 saturated carbocycles. The molecule has 0 aliphatic rings. The highest BCUT2D eigenvalue weighted by Crippen LogP contribution is 2.44. The number of hydrogen-bond acceptors (Lipinski definition) is 2. The first-order valence-corrected chi connectivity index (χ1v) is 15.2. The molecule has 0 N–H and O–H groups in total. The van der Waals surface area contributed by atoms with Crippen LogP contribution in [0, 0.1) is 0 Å². The van der Waals surface area contributed by atoms with E-state index in [1.54, 1.807) is 47.4 Å². The Kier molecular flexibility index (Phi) is 4.16. The summed E-state index contributed by atoms with van der Waals surface area (Å²) in [6.45, 7) is 0. The van der Waals surface area contributed by atoms with Crippen molar-refractivity contribution in [3.63, 3.8) is 0 Å². The maximum absolute atomic E-state index is 9.50. The highest BCUT2D eigenvalue weighted by atomic mass is 16.3. The Bertz CT molecular complexity index is 3280. The molecule has 1 aromatic heterocycles. The van der Waals surface area contributed by atoms with Gasteiger partial charge in [0.2, 0.25) is 0 Å². The van der Waals surface area contributed by atoms with E-state index in [0.717, 1.165) is 16.5 Å². The van der Waals surface area contributed by atoms with Gasteiger partial charge in [0.25, 0.3) is 0 Å². The van der Waals surface area contributed by atoms with E-state index in [-0.39, 0.29) is 11.3 Å². The van der Waals surface area contributed by atoms with Crippen LogP contribution in [0.2, 0.25) is 0 Å². The number of anilines is 3. The molecule has 226 valence electrons. The van der Waals surface area contributed by atoms with Gasteiger partial charge in [0.15, 0.2) is 0 Å². The summed E-state index contributed by atoms with van der Waals surface area (Å²) < 4.78 is 129. The van der Waals surface area contributed by atoms with Crippen LogP contribution in [0.3, 0.4) is 0 Å². The van der Waals surface area contributed by atoms with Crippen molar-refractivity contribution >= 4 is 49.8 Å². The monoisotopic (exact) mass is 627 g/mol. The van der Waals surface area contributed by atoms with Crippen molar-refractivity contribution in [2.75, 3.05) is 4.90 Å². The van der Waals surface area contributed by atoms with E-state index in [1.807, 2.05) is 60.7 Å². The summed E-state index contributed by atoms with van der Waals surface area (Å²) in [5, 5.41) is 2.40. The number of furan rings is 1. The van der Waals surface area contributed by atoms with E-state index in [1.165, 1.54) is 0 Å². The molecule has 0 radical (unpaired) electrons. The van der Waals surface area contributed by atoms with Gasteiger partial charge in [0.1, 0.15) is 11.2 Å². The topological polar surface area (TPSA) is 16.4 Å². The SMILES string of the molecule is [2H]c1c([2H])c([2H])c(-c2c([2H])c([2H])c(N(c3cccc(-c4ccccc4)c3)c3ccc4c(-c5c([2H])c([2H])c([2H])c([2H])c5[2H])cc5oc6ccccc6c5c4c3)c([2H])c2[2H])c([2H])c1[2H]. The van der Waals surface area contributed by atoms with Gasteiger partial charge in [-0.3, -0.25) is 0 Å². The largest absolute Gasteiger partial charge is 0.456 e. The Morgan fingerprint density at radius 3 is 1.85 bits per heavy atom. The predicted octanol–water partition coefficient (Wildman–Crippen LogP) is 13.2. The van der Waals surface area contributed by atoms with Crippen LogP contribution in [-0.4, -0.2) is 0 Å². The van der Waals surface area contributed by atoms with E-state index in [4.69, 9.17) is 18.1 Å². The Balaban J connectivity index is 1.39. The van der Waals surface area contributed by atoms with Crippen LogP contribution in [-0.2, 0) is 0 Å². The van der Waals surface area contributed by atoms with Crippen molar-refractivity contribution < 1.29 is 23.6 Å². The summed E-state index contributed by atoms with van der Waals surface area (Å²) in [7, 11) is 0. The van der Waals surface area contributed by atoms with Gasteiger partial charge in [-0.25, -0.2) is 0 Å². The standard InChI is InChI=1S/C46H31NO/c1-4-13-32(14-5-1)34-23-25-37(26-24-34)47(38-20-12-19-36(29-38)33-15-6-2-7-16-33)39-27-28-40-42(35-17-8-3-9-18-35)31-45-46(43(40)30-39)41-21-10-11-22-44(41)48-45/h1-31H/i1D,3D,4D,5D,8D,9D,13D,14D,17D,18D,23D,24D,25D,26D. The van der Waals surface area contributed by atoms with Gasteiger partial charge < -0.3 is 9.32 Å². The minimum Gasteiger partial charge on any atom is -0.456 e. The highest BCUT2D eigenvalue weighted by molar-refractivity contribution is 6.22. The average Bonchev–Trinajstić information content (AvgIpc) is 3.67. The zero-order valence-electron chi connectivity index (χ0n) is 39.2. The van der Waals surface area contributed by atoms with Crippen molar-refractivity contribution in [3.05, 3.63) is 188 Å². The molecule has 0 fully saturated rings. The molecule has 8 aromatic carbocycles. The summed E-state index contributed by atoms with van der Waals surface area (Å²) in [5.41, 5.74) is 2.46. The average molecular weight is 628 g/mol. The molecule has 1 heterocycles. The molecule has 9 aromatic rings. The van der Waals surface area contributed by atoms with Gasteiger partial charge >= 0.3 is 0 Å². The number of para-hydroxylation sites is 1. The van der Waals surface area contributed by atoms with Crippen LogP contribution in [0.4, 0.5) is 17.1 Å². The quantitative estimate of drug-likeness (QED) is 0.182. The number of hydrogen-bond donors (Lipinski definition) is 0. The Morgan fingerprint density at radius 2 is 1.06 bits per heavy atom. The third kappa shape index (κ3) is 4.92. The Labute approximate surface area is 299 Å². The van der Waals surface area contributed by atoms with Crippen LogP contribution in [0.25, 0.3) is 66.1 Å². The fourth-order valence-corrected chi connectivity index (χ4v) is 6.14. The van der Waals surface area contributed by atoms with Crippen molar-refractivity contribution in [2.45, 2.75) is 0 Å². The minimum absolute atomic E-state index is 0.0358. The molecule has 0 bridgehead atoms. The van der Waals surface area contributed by atoms with Crippen molar-refractivity contribution in [1.82, 2.24) is 0 Å². The maximum atomic E-state index is 9.50. The molecule has 0 spiro atoms. The fraction of sp³-hybridized carbons (Fsp3) is 0. The number of rotatable bonds is 6. The second-order valence-corrected chi connectivity index (χ2v) is 11.1. The lowest BCUT2D eigenvalue weighted by atomic mass is 9.94. The summed E-state index contributed by atoms with van der Waals surface area (Å²) >= 11 is 0. The van der Waals surface area contributed by atoms with Gasteiger partial charge in [-0.2, -0.15) is 0 Å². The normalized spacial score (nSPS) is 15.4. The maximum Gasteiger partial charge on any atom is 0.136 e. The molecule has 0 unspecified atom stereocenters. The first-order valence-electron chi connectivity index (χ1n) is 22.2. The molecule has 0 amide bonds. The van der Waals surface area contributed by atoms with E-state index in [2.05, 4.69) is 0 Å². The van der Waals surface area contributed by atoms with Gasteiger partial charge in [0.05, 0.1) is 19.2 Å². The lowest BCUT2D eigenvalue weighted by Crippen LogP contribution is -2.10. The van der Waals surface area contributed by atoms with Crippen molar-refractivity contribution in [3.8, 4) is 33.4 Å². The van der Waals surface area contributed by atoms with Crippen molar-refractivity contribution in [1.29, 1.82) is 0 Å². The predicted molar refractivity (Wildman–Crippen MR) is 202 cm³/mol. The van der Waals surface area contributed by atoms with Crippen LogP contribution in [0.1, 0.15) is 19.2 Å². The summed E-state index contributed by atoms with van der Waals surface area (Å²) in [5.74, 6) is 0. The van der Waals surface area contributed by atoms with Gasteiger partial charge in [-0.15, -0.1) is 0 Å². The second kappa shape index (κ2) is 11.8. The first-order chi connectivity index (χ1) is 29.6. The Morgan fingerprint density at radius 1 is 0.396 bits per heavy atom. The molecule has 2 nitrogen and oxygen atoms in total. The first kappa shape index (κ1) is 17.0. The van der Waals surface area contributed by atoms with E-state index in [9.17, 15) is 5.48 Å². The fourth-order valence-electron chi connectivity index (χ4n) is 6.14. The second-order valence-electron chi connectivity index (χ2n) is 11.1. The van der Waals surface area contributed by atoms with E-state index in [0.29, 0.717) is 44.3 Å². The molecule has 48 heavy (non-hydrogen) atoms. The van der Waals surface area contributed by atoms with Gasteiger partial charge in [-0.1, -0.05) is 139 Å². The van der Waals surface area contributed by atoms with Crippen LogP contribution in [0.15, 0.2) is 192 Å². The van der Waals surface area contributed by atoms with Crippen LogP contribution >= 0.6 is 0 Å². The highest BCUT2D eigenvalue weighted by Gasteiger charge is 2.19. The minimum atomic E-state index is -0.682. The van der Waals surface area contributed by atoms with Gasteiger partial charge in [-0.05, 0) is 92.6 Å². The zero-order valence-corrected chi connectivity index (χ0v) is 25.2. The zero-order chi connectivity index (χ0) is 44.0. The third-order valence-corrected chi connectivity index (χ3v) is 8.29. The molecular formula is C46H31NO. The lowest BCUT2D eigenvalue weighted by molar-refractivity contribution is 0.669. The molecule has 0 atom stereocenters. The van der Waals surface area contributed by atoms with E-state index < -0.39 is 95.7 Å². The molecular weight excluding hydrogens is 583 g/mol. The molecule has 9 rings (SSSR count). The summed E-state index contributed by atoms with van der Waals surface area (Å²) in [4.78, 5) is 1.56. The number of benzene rings is 8. The lowest BCUT2D eigenvalue weighted by Gasteiger charge is -2.27. The molecule has 0 saturated heterocycles. The summed E-state index contributed by atoms with van der Waals surface area (Å²) in [6, 6.07) is 22.8. The molecule has 0 aliphatic carbocycles. The van der Waals surface area contributed by atoms with Crippen molar-refractivity contribution in [2.24, 2.45) is 0 Å². The number of fused-ring (bicyclic) bond motifs is 5. The smallest absolute Gasteiger partial charge is 0.136 e. The Hall–Kier alpha value is -6.38. The molecule has 0 aliphatic heterocycles. The number of nitrogens with zero attached hydrogens (tertiary/aromatic N) is 1.